The van der Waals surface area contributed by atoms with Gasteiger partial charge in [-0.2, -0.15) is 0 Å². The van der Waals surface area contributed by atoms with Gasteiger partial charge < -0.3 is 10.4 Å². The van der Waals surface area contributed by atoms with Crippen LogP contribution >= 0.6 is 23.2 Å². The summed E-state index contributed by atoms with van der Waals surface area (Å²) in [6.07, 6.45) is 0.335. The first-order chi connectivity index (χ1) is 18.7. The molecule has 0 saturated carbocycles. The average molecular weight is 580 g/mol. The summed E-state index contributed by atoms with van der Waals surface area (Å²) in [5.74, 6) is -1.90. The number of nitrogens with zero attached hydrogens (tertiary/aromatic N) is 1. The highest BCUT2D eigenvalue weighted by atomic mass is 35.5. The van der Waals surface area contributed by atoms with Gasteiger partial charge in [-0.15, -0.1) is 0 Å². The maximum absolute atomic E-state index is 14.0. The summed E-state index contributed by atoms with van der Waals surface area (Å²) in [4.78, 5) is 13.5. The lowest BCUT2D eigenvalue weighted by Crippen LogP contribution is -2.37. The fourth-order valence-electron chi connectivity index (χ4n) is 4.69. The Kier molecular flexibility index (Phi) is 7.66. The molecule has 39 heavy (non-hydrogen) atoms. The van der Waals surface area contributed by atoms with Crippen LogP contribution in [0.3, 0.4) is 0 Å². The van der Waals surface area contributed by atoms with Gasteiger partial charge in [-0.25, -0.2) is 8.42 Å². The van der Waals surface area contributed by atoms with Crippen LogP contribution in [0.4, 0.5) is 11.4 Å². The second-order valence-corrected chi connectivity index (χ2v) is 11.8. The summed E-state index contributed by atoms with van der Waals surface area (Å²) in [5, 5.41) is 14.9. The Morgan fingerprint density at radius 2 is 1.44 bits per heavy atom. The fraction of sp³-hybridized carbons (Fsp3) is 0.100. The number of para-hydroxylation sites is 1. The molecule has 0 radical (unpaired) electrons. The molecule has 1 heterocycles. The first kappa shape index (κ1) is 26.8. The van der Waals surface area contributed by atoms with Crippen molar-refractivity contribution in [3.63, 3.8) is 0 Å². The average Bonchev–Trinajstić information content (AvgIpc) is 3.00. The number of nitrogens with one attached hydrogen (secondary N) is 1. The van der Waals surface area contributed by atoms with Crippen LogP contribution in [0.2, 0.25) is 10.0 Å². The van der Waals surface area contributed by atoms with Crippen molar-refractivity contribution in [1.82, 2.24) is 0 Å². The zero-order valence-electron chi connectivity index (χ0n) is 20.6. The first-order valence-electron chi connectivity index (χ1n) is 12.1. The number of aliphatic hydroxyl groups is 1. The summed E-state index contributed by atoms with van der Waals surface area (Å²) in [6, 6.07) is 29.1. The molecule has 1 aliphatic rings. The Labute approximate surface area is 237 Å². The van der Waals surface area contributed by atoms with Crippen LogP contribution in [0.1, 0.15) is 22.7 Å². The largest absolute Gasteiger partial charge is 0.510 e. The van der Waals surface area contributed by atoms with Crippen molar-refractivity contribution in [1.29, 1.82) is 0 Å². The highest BCUT2D eigenvalue weighted by molar-refractivity contribution is 7.93. The van der Waals surface area contributed by atoms with Gasteiger partial charge in [0.15, 0.2) is 0 Å². The Bertz CT molecular complexity index is 1640. The van der Waals surface area contributed by atoms with Crippen molar-refractivity contribution in [3.05, 3.63) is 136 Å². The topological polar surface area (TPSA) is 86.7 Å². The minimum absolute atomic E-state index is 0.107. The number of hydrogen-bond donors (Lipinski definition) is 2. The zero-order valence-corrected chi connectivity index (χ0v) is 22.9. The lowest BCUT2D eigenvalue weighted by atomic mass is 9.96. The van der Waals surface area contributed by atoms with E-state index in [0.717, 1.165) is 11.1 Å². The molecule has 0 spiro atoms. The van der Waals surface area contributed by atoms with E-state index in [1.54, 1.807) is 60.7 Å². The third-order valence-corrected chi connectivity index (χ3v) is 8.65. The first-order valence-corrected chi connectivity index (χ1v) is 14.5. The van der Waals surface area contributed by atoms with Crippen LogP contribution in [0.25, 0.3) is 5.57 Å². The van der Waals surface area contributed by atoms with E-state index in [2.05, 4.69) is 5.32 Å². The predicted octanol–water partition coefficient (Wildman–Crippen LogP) is 7.04. The standard InChI is InChI=1S/C30H24Cl2N2O4S/c31-22-12-10-20(11-13-22)18-27(21-6-2-1-3-7-21)34-26-9-5-4-8-25(26)29(28(35)19-39(34,37)38)30(36)33-24-16-14-23(32)15-17-24/h1-17,27,35H,18-19H2,(H,33,36). The minimum Gasteiger partial charge on any atom is -0.510 e. The summed E-state index contributed by atoms with van der Waals surface area (Å²) >= 11 is 12.1. The van der Waals surface area contributed by atoms with E-state index in [-0.39, 0.29) is 5.57 Å². The molecule has 0 fully saturated rings. The molecule has 0 bridgehead atoms. The van der Waals surface area contributed by atoms with Gasteiger partial charge in [-0.1, -0.05) is 83.9 Å². The normalized spacial score (nSPS) is 15.3. The number of sulfonamides is 1. The molecular formula is C30H24Cl2N2O4S. The number of anilines is 2. The van der Waals surface area contributed by atoms with E-state index in [9.17, 15) is 18.3 Å². The van der Waals surface area contributed by atoms with E-state index in [1.165, 1.54) is 4.31 Å². The molecule has 2 N–H and O–H groups in total. The molecule has 198 valence electrons. The van der Waals surface area contributed by atoms with Gasteiger partial charge in [0, 0.05) is 21.3 Å². The van der Waals surface area contributed by atoms with E-state index in [0.29, 0.717) is 33.4 Å². The highest BCUT2D eigenvalue weighted by Crippen LogP contribution is 2.41. The van der Waals surface area contributed by atoms with E-state index in [1.807, 2.05) is 42.5 Å². The molecule has 0 saturated heterocycles. The Balaban J connectivity index is 1.63. The van der Waals surface area contributed by atoms with Gasteiger partial charge in [0.1, 0.15) is 11.5 Å². The zero-order chi connectivity index (χ0) is 27.6. The van der Waals surface area contributed by atoms with Crippen molar-refractivity contribution < 1.29 is 18.3 Å². The van der Waals surface area contributed by atoms with Gasteiger partial charge in [-0.05, 0) is 60.0 Å². The second-order valence-electron chi connectivity index (χ2n) is 9.11. The molecular weight excluding hydrogens is 555 g/mol. The van der Waals surface area contributed by atoms with Gasteiger partial charge in [0.25, 0.3) is 5.91 Å². The molecule has 0 aromatic heterocycles. The summed E-state index contributed by atoms with van der Waals surface area (Å²) in [7, 11) is -4.14. The third-order valence-electron chi connectivity index (χ3n) is 6.46. The molecule has 0 aliphatic carbocycles. The number of carbonyl (C=O) groups excluding carboxylic acids is 1. The summed E-state index contributed by atoms with van der Waals surface area (Å²) in [6.45, 7) is 0. The maximum Gasteiger partial charge on any atom is 0.259 e. The maximum atomic E-state index is 14.0. The molecule has 6 nitrogen and oxygen atoms in total. The van der Waals surface area contributed by atoms with Crippen LogP contribution in [-0.2, 0) is 21.2 Å². The van der Waals surface area contributed by atoms with Crippen LogP contribution in [0.15, 0.2) is 109 Å². The van der Waals surface area contributed by atoms with E-state index >= 15 is 0 Å². The predicted molar refractivity (Wildman–Crippen MR) is 157 cm³/mol. The van der Waals surface area contributed by atoms with Gasteiger partial charge in [-0.3, -0.25) is 9.10 Å². The quantitative estimate of drug-likeness (QED) is 0.257. The third kappa shape index (κ3) is 5.81. The van der Waals surface area contributed by atoms with Gasteiger partial charge in [0.05, 0.1) is 17.3 Å². The van der Waals surface area contributed by atoms with Crippen LogP contribution < -0.4 is 9.62 Å². The van der Waals surface area contributed by atoms with Crippen molar-refractivity contribution >= 4 is 56.1 Å². The molecule has 4 aromatic rings. The van der Waals surface area contributed by atoms with Crippen LogP contribution in [0.5, 0.6) is 0 Å². The Morgan fingerprint density at radius 3 is 2.10 bits per heavy atom. The lowest BCUT2D eigenvalue weighted by Gasteiger charge is -2.33. The monoisotopic (exact) mass is 578 g/mol. The number of hydrogen-bond acceptors (Lipinski definition) is 4. The molecule has 5 rings (SSSR count). The van der Waals surface area contributed by atoms with Crippen molar-refractivity contribution in [3.8, 4) is 0 Å². The number of fused-ring (bicyclic) bond motifs is 1. The number of carbonyl (C=O) groups is 1. The molecule has 1 aliphatic heterocycles. The van der Waals surface area contributed by atoms with E-state index in [4.69, 9.17) is 23.2 Å². The fourth-order valence-corrected chi connectivity index (χ4v) is 6.62. The molecule has 1 amide bonds. The smallest absolute Gasteiger partial charge is 0.259 e. The van der Waals surface area contributed by atoms with Crippen molar-refractivity contribution in [2.45, 2.75) is 12.5 Å². The number of benzene rings is 4. The molecule has 4 aromatic carbocycles. The molecule has 1 atom stereocenters. The van der Waals surface area contributed by atoms with Crippen LogP contribution in [0, 0.1) is 0 Å². The highest BCUT2D eigenvalue weighted by Gasteiger charge is 2.39. The van der Waals surface area contributed by atoms with Crippen LogP contribution in [-0.4, -0.2) is 25.2 Å². The number of aliphatic hydroxyl groups excluding tert-OH is 1. The Hall–Kier alpha value is -3.78. The Morgan fingerprint density at radius 1 is 0.846 bits per heavy atom. The summed E-state index contributed by atoms with van der Waals surface area (Å²) in [5.41, 5.74) is 2.59. The minimum atomic E-state index is -4.14. The molecule has 9 heteroatoms. The van der Waals surface area contributed by atoms with Gasteiger partial charge in [0.2, 0.25) is 10.0 Å². The molecule has 1 unspecified atom stereocenters. The lowest BCUT2D eigenvalue weighted by molar-refractivity contribution is -0.111. The SMILES string of the molecule is O=C(Nc1ccc(Cl)cc1)C1=C(O)CS(=O)(=O)N(C(Cc2ccc(Cl)cc2)c2ccccc2)c2ccccc21. The van der Waals surface area contributed by atoms with E-state index < -0.39 is 33.5 Å². The summed E-state index contributed by atoms with van der Waals surface area (Å²) < 4.78 is 29.2. The van der Waals surface area contributed by atoms with Gasteiger partial charge >= 0.3 is 0 Å². The number of rotatable bonds is 6. The second kappa shape index (κ2) is 11.1. The van der Waals surface area contributed by atoms with Crippen molar-refractivity contribution in [2.24, 2.45) is 0 Å². The number of halogens is 2. The number of amides is 1. The van der Waals surface area contributed by atoms with Crippen molar-refractivity contribution in [2.75, 3.05) is 15.4 Å².